The van der Waals surface area contributed by atoms with Crippen molar-refractivity contribution in [3.8, 4) is 0 Å². The van der Waals surface area contributed by atoms with Crippen LogP contribution in [0.4, 0.5) is 4.79 Å². The summed E-state index contributed by atoms with van der Waals surface area (Å²) in [6.07, 6.45) is 1.05. The van der Waals surface area contributed by atoms with Gasteiger partial charge in [-0.2, -0.15) is 5.10 Å². The summed E-state index contributed by atoms with van der Waals surface area (Å²) in [5.74, 6) is -0.170. The molecule has 0 aliphatic heterocycles. The number of amides is 2. The second kappa shape index (κ2) is 3.85. The van der Waals surface area contributed by atoms with Gasteiger partial charge in [0.15, 0.2) is 5.78 Å². The van der Waals surface area contributed by atoms with Crippen molar-refractivity contribution in [2.24, 2.45) is 16.3 Å². The summed E-state index contributed by atoms with van der Waals surface area (Å²) in [7, 11) is 0. The SMILES string of the molecule is CC(C)(C)C(=O)/C=N/NC(N)=O. The van der Waals surface area contributed by atoms with E-state index >= 15 is 0 Å². The van der Waals surface area contributed by atoms with Crippen LogP contribution in [0.5, 0.6) is 0 Å². The summed E-state index contributed by atoms with van der Waals surface area (Å²) in [4.78, 5) is 21.2. The zero-order valence-electron chi connectivity index (χ0n) is 7.42. The van der Waals surface area contributed by atoms with Gasteiger partial charge in [0.05, 0.1) is 6.21 Å². The number of hydrogen-bond donors (Lipinski definition) is 2. The van der Waals surface area contributed by atoms with Crippen LogP contribution >= 0.6 is 0 Å². The van der Waals surface area contributed by atoms with E-state index in [0.717, 1.165) is 6.21 Å². The molecule has 0 spiro atoms. The molecule has 0 saturated heterocycles. The first-order valence-electron chi connectivity index (χ1n) is 3.47. The molecular formula is C7H13N3O2. The van der Waals surface area contributed by atoms with Crippen LogP contribution in [0.15, 0.2) is 5.10 Å². The van der Waals surface area contributed by atoms with Crippen LogP contribution < -0.4 is 11.2 Å². The third-order valence-electron chi connectivity index (χ3n) is 1.10. The summed E-state index contributed by atoms with van der Waals surface area (Å²) in [6, 6.07) is -0.784. The van der Waals surface area contributed by atoms with E-state index < -0.39 is 11.4 Å². The molecule has 0 aliphatic rings. The van der Waals surface area contributed by atoms with Crippen molar-refractivity contribution in [3.05, 3.63) is 0 Å². The summed E-state index contributed by atoms with van der Waals surface area (Å²) in [6.45, 7) is 5.27. The maximum atomic E-state index is 11.1. The fourth-order valence-electron chi connectivity index (χ4n) is 0.348. The molecule has 0 rings (SSSR count). The zero-order valence-corrected chi connectivity index (χ0v) is 7.42. The molecule has 0 aromatic rings. The van der Waals surface area contributed by atoms with Gasteiger partial charge in [-0.1, -0.05) is 20.8 Å². The molecule has 5 heteroatoms. The van der Waals surface area contributed by atoms with Gasteiger partial charge >= 0.3 is 6.03 Å². The molecule has 2 amide bonds. The number of carbonyl (C=O) groups excluding carboxylic acids is 2. The molecule has 3 N–H and O–H groups in total. The number of Topliss-reactive ketones (excluding diaryl/α,β-unsaturated/α-hetero) is 1. The van der Waals surface area contributed by atoms with Gasteiger partial charge in [-0.3, -0.25) is 4.79 Å². The molecular weight excluding hydrogens is 158 g/mol. The molecule has 5 nitrogen and oxygen atoms in total. The van der Waals surface area contributed by atoms with Crippen molar-refractivity contribution in [3.63, 3.8) is 0 Å². The topological polar surface area (TPSA) is 84.6 Å². The lowest BCUT2D eigenvalue weighted by Gasteiger charge is -2.11. The number of hydrazone groups is 1. The first-order chi connectivity index (χ1) is 5.34. The van der Waals surface area contributed by atoms with Crippen LogP contribution in [0.3, 0.4) is 0 Å². The normalized spacial score (nSPS) is 11.6. The number of hydrogen-bond acceptors (Lipinski definition) is 3. The number of carbonyl (C=O) groups is 2. The highest BCUT2D eigenvalue weighted by Crippen LogP contribution is 2.12. The minimum absolute atomic E-state index is 0.170. The van der Waals surface area contributed by atoms with Crippen LogP contribution in [-0.4, -0.2) is 18.0 Å². The molecule has 0 heterocycles. The van der Waals surface area contributed by atoms with Crippen LogP contribution in [0.1, 0.15) is 20.8 Å². The van der Waals surface area contributed by atoms with E-state index in [1.807, 2.05) is 5.43 Å². The zero-order chi connectivity index (χ0) is 9.78. The van der Waals surface area contributed by atoms with Crippen molar-refractivity contribution >= 4 is 18.0 Å². The monoisotopic (exact) mass is 171 g/mol. The lowest BCUT2D eigenvalue weighted by Crippen LogP contribution is -2.27. The predicted octanol–water partition coefficient (Wildman–Crippen LogP) is 0.256. The number of urea groups is 1. The largest absolute Gasteiger partial charge is 0.350 e. The summed E-state index contributed by atoms with van der Waals surface area (Å²) < 4.78 is 0. The molecule has 0 aromatic heterocycles. The minimum Gasteiger partial charge on any atom is -0.350 e. The number of nitrogens with zero attached hydrogens (tertiary/aromatic N) is 1. The number of nitrogens with one attached hydrogen (secondary N) is 1. The quantitative estimate of drug-likeness (QED) is 0.461. The van der Waals surface area contributed by atoms with Crippen LogP contribution in [-0.2, 0) is 4.79 Å². The minimum atomic E-state index is -0.784. The van der Waals surface area contributed by atoms with Gasteiger partial charge in [-0.25, -0.2) is 10.2 Å². The Labute approximate surface area is 71.0 Å². The van der Waals surface area contributed by atoms with Gasteiger partial charge in [-0.05, 0) is 0 Å². The Morgan fingerprint density at radius 3 is 2.25 bits per heavy atom. The Morgan fingerprint density at radius 2 is 1.92 bits per heavy atom. The fourth-order valence-corrected chi connectivity index (χ4v) is 0.348. The predicted molar refractivity (Wildman–Crippen MR) is 45.7 cm³/mol. The molecule has 0 unspecified atom stereocenters. The smallest absolute Gasteiger partial charge is 0.332 e. The van der Waals surface area contributed by atoms with Gasteiger partial charge in [0, 0.05) is 5.41 Å². The van der Waals surface area contributed by atoms with E-state index in [2.05, 4.69) is 5.10 Å². The van der Waals surface area contributed by atoms with Gasteiger partial charge in [-0.15, -0.1) is 0 Å². The summed E-state index contributed by atoms with van der Waals surface area (Å²) >= 11 is 0. The molecule has 12 heavy (non-hydrogen) atoms. The number of ketones is 1. The van der Waals surface area contributed by atoms with Crippen molar-refractivity contribution < 1.29 is 9.59 Å². The van der Waals surface area contributed by atoms with Crippen LogP contribution in [0, 0.1) is 5.41 Å². The van der Waals surface area contributed by atoms with E-state index in [-0.39, 0.29) is 5.78 Å². The molecule has 0 fully saturated rings. The number of rotatable bonds is 2. The summed E-state index contributed by atoms with van der Waals surface area (Å²) in [5.41, 5.74) is 6.17. The highest BCUT2D eigenvalue weighted by atomic mass is 16.2. The average Bonchev–Trinajstić information content (AvgIpc) is 1.84. The Balaban J connectivity index is 4.02. The molecule has 0 aromatic carbocycles. The van der Waals surface area contributed by atoms with Gasteiger partial charge in [0.1, 0.15) is 0 Å². The highest BCUT2D eigenvalue weighted by Gasteiger charge is 2.18. The van der Waals surface area contributed by atoms with E-state index in [0.29, 0.717) is 0 Å². The first kappa shape index (κ1) is 10.6. The van der Waals surface area contributed by atoms with Crippen LogP contribution in [0.2, 0.25) is 0 Å². The van der Waals surface area contributed by atoms with E-state index in [1.54, 1.807) is 20.8 Å². The van der Waals surface area contributed by atoms with Crippen molar-refractivity contribution in [2.75, 3.05) is 0 Å². The molecule has 0 radical (unpaired) electrons. The number of primary amides is 1. The van der Waals surface area contributed by atoms with Gasteiger partial charge in [0.25, 0.3) is 0 Å². The standard InChI is InChI=1S/C7H13N3O2/c1-7(2,3)5(11)4-9-10-6(8)12/h4H,1-3H3,(H3,8,10,12)/b9-4+. The van der Waals surface area contributed by atoms with Gasteiger partial charge in [0.2, 0.25) is 0 Å². The molecule has 0 saturated carbocycles. The van der Waals surface area contributed by atoms with E-state index in [4.69, 9.17) is 5.73 Å². The Hall–Kier alpha value is -1.39. The molecule has 0 aliphatic carbocycles. The van der Waals surface area contributed by atoms with Crippen molar-refractivity contribution in [2.45, 2.75) is 20.8 Å². The first-order valence-corrected chi connectivity index (χ1v) is 3.47. The third kappa shape index (κ3) is 4.43. The van der Waals surface area contributed by atoms with E-state index in [9.17, 15) is 9.59 Å². The Bertz CT molecular complexity index is 215. The molecule has 0 bridgehead atoms. The van der Waals surface area contributed by atoms with Crippen molar-refractivity contribution in [1.29, 1.82) is 0 Å². The maximum Gasteiger partial charge on any atom is 0.332 e. The Kier molecular flexibility index (Phi) is 3.40. The lowest BCUT2D eigenvalue weighted by molar-refractivity contribution is -0.119. The average molecular weight is 171 g/mol. The maximum absolute atomic E-state index is 11.1. The second-order valence-corrected chi connectivity index (χ2v) is 3.35. The van der Waals surface area contributed by atoms with Crippen molar-refractivity contribution in [1.82, 2.24) is 5.43 Å². The summed E-state index contributed by atoms with van der Waals surface area (Å²) in [5, 5.41) is 3.34. The molecule has 0 atom stereocenters. The lowest BCUT2D eigenvalue weighted by atomic mass is 9.92. The van der Waals surface area contributed by atoms with Gasteiger partial charge < -0.3 is 5.73 Å². The number of nitrogens with two attached hydrogens (primary N) is 1. The van der Waals surface area contributed by atoms with Crippen LogP contribution in [0.25, 0.3) is 0 Å². The molecule has 68 valence electrons. The Morgan fingerprint density at radius 1 is 1.42 bits per heavy atom. The third-order valence-corrected chi connectivity index (χ3v) is 1.10. The van der Waals surface area contributed by atoms with E-state index in [1.165, 1.54) is 0 Å². The second-order valence-electron chi connectivity index (χ2n) is 3.35. The fraction of sp³-hybridized carbons (Fsp3) is 0.571. The highest BCUT2D eigenvalue weighted by molar-refractivity contribution is 6.29.